The summed E-state index contributed by atoms with van der Waals surface area (Å²) in [5.74, 6) is -0.278. The van der Waals surface area contributed by atoms with Crippen molar-refractivity contribution in [1.82, 2.24) is 20.6 Å². The number of furan rings is 1. The predicted octanol–water partition coefficient (Wildman–Crippen LogP) is 6.01. The van der Waals surface area contributed by atoms with Gasteiger partial charge in [-0.3, -0.25) is 0 Å². The van der Waals surface area contributed by atoms with Gasteiger partial charge < -0.3 is 9.15 Å². The highest BCUT2D eigenvalue weighted by Gasteiger charge is 2.36. The first-order valence-electron chi connectivity index (χ1n) is 9.35. The summed E-state index contributed by atoms with van der Waals surface area (Å²) in [5.41, 5.74) is 0.0663. The number of aryl methyl sites for hydroxylation is 2. The van der Waals surface area contributed by atoms with Gasteiger partial charge in [-0.1, -0.05) is 17.7 Å². The Balaban J connectivity index is 1.55. The number of benzene rings is 2. The van der Waals surface area contributed by atoms with E-state index in [1.807, 2.05) is 0 Å². The first-order valence-corrected chi connectivity index (χ1v) is 9.73. The van der Waals surface area contributed by atoms with E-state index < -0.39 is 30.3 Å². The molecular formula is C20H13ClF6N4O2. The number of halogens is 7. The smallest absolute Gasteiger partial charge is 0.422 e. The Morgan fingerprint density at radius 3 is 2.45 bits per heavy atom. The monoisotopic (exact) mass is 490 g/mol. The number of tetrazole rings is 1. The Morgan fingerprint density at radius 2 is 1.79 bits per heavy atom. The quantitative estimate of drug-likeness (QED) is 0.335. The molecule has 33 heavy (non-hydrogen) atoms. The average molecular weight is 491 g/mol. The average Bonchev–Trinajstić information content (AvgIpc) is 3.39. The summed E-state index contributed by atoms with van der Waals surface area (Å²) in [4.78, 5) is 0. The molecule has 0 radical (unpaired) electrons. The highest BCUT2D eigenvalue weighted by atomic mass is 35.5. The van der Waals surface area contributed by atoms with Crippen molar-refractivity contribution >= 4 is 22.6 Å². The molecule has 0 spiro atoms. The van der Waals surface area contributed by atoms with Crippen molar-refractivity contribution in [2.24, 2.45) is 0 Å². The molecule has 4 rings (SSSR count). The fourth-order valence-electron chi connectivity index (χ4n) is 3.19. The topological polar surface area (TPSA) is 76.8 Å². The number of nitrogens with one attached hydrogen (secondary N) is 1. The van der Waals surface area contributed by atoms with Gasteiger partial charge in [-0.25, -0.2) is 0 Å². The number of aromatic amines is 1. The van der Waals surface area contributed by atoms with Gasteiger partial charge in [-0.15, -0.1) is 10.2 Å². The molecule has 0 bridgehead atoms. The zero-order valence-corrected chi connectivity index (χ0v) is 17.1. The van der Waals surface area contributed by atoms with Gasteiger partial charge in [0.15, 0.2) is 12.4 Å². The van der Waals surface area contributed by atoms with E-state index in [0.717, 1.165) is 12.1 Å². The summed E-state index contributed by atoms with van der Waals surface area (Å²) in [6.07, 6.45) is -9.24. The van der Waals surface area contributed by atoms with Crippen LogP contribution in [0.25, 0.3) is 22.6 Å². The van der Waals surface area contributed by atoms with E-state index in [1.165, 1.54) is 6.07 Å². The molecule has 0 aliphatic heterocycles. The Bertz CT molecular complexity index is 1270. The van der Waals surface area contributed by atoms with Crippen molar-refractivity contribution < 1.29 is 35.5 Å². The number of ether oxygens (including phenoxy) is 1. The summed E-state index contributed by atoms with van der Waals surface area (Å²) in [6.45, 7) is -1.82. The van der Waals surface area contributed by atoms with E-state index in [0.29, 0.717) is 27.3 Å². The number of hydrogen-bond acceptors (Lipinski definition) is 5. The van der Waals surface area contributed by atoms with E-state index in [-0.39, 0.29) is 24.2 Å². The molecule has 174 valence electrons. The van der Waals surface area contributed by atoms with Crippen LogP contribution in [0.2, 0.25) is 5.02 Å². The van der Waals surface area contributed by atoms with Crippen LogP contribution < -0.4 is 4.74 Å². The van der Waals surface area contributed by atoms with E-state index in [1.54, 1.807) is 18.2 Å². The maximum Gasteiger partial charge on any atom is 0.422 e. The minimum absolute atomic E-state index is 0.145. The number of H-pyrrole nitrogens is 1. The van der Waals surface area contributed by atoms with Gasteiger partial charge in [0.1, 0.15) is 11.3 Å². The molecule has 0 aliphatic carbocycles. The minimum Gasteiger partial charge on any atom is -0.483 e. The molecule has 2 aromatic carbocycles. The number of nitrogens with zero attached hydrogens (tertiary/aromatic N) is 3. The Kier molecular flexibility index (Phi) is 5.95. The third kappa shape index (κ3) is 5.38. The van der Waals surface area contributed by atoms with Gasteiger partial charge in [0.25, 0.3) is 0 Å². The van der Waals surface area contributed by atoms with E-state index >= 15 is 0 Å². The molecule has 0 amide bonds. The fourth-order valence-corrected chi connectivity index (χ4v) is 3.45. The van der Waals surface area contributed by atoms with Gasteiger partial charge >= 0.3 is 12.4 Å². The summed E-state index contributed by atoms with van der Waals surface area (Å²) in [6, 6.07) is 7.93. The zero-order valence-electron chi connectivity index (χ0n) is 16.4. The van der Waals surface area contributed by atoms with Crippen LogP contribution in [0.5, 0.6) is 5.75 Å². The van der Waals surface area contributed by atoms with Crippen molar-refractivity contribution in [2.45, 2.75) is 25.2 Å². The lowest BCUT2D eigenvalue weighted by atomic mass is 10.0. The SMILES string of the molecule is FC(F)(F)COc1ccc(CCc2cc3oc(-c4nn[nH]n4)cc3cc2Cl)cc1C(F)(F)F. The number of rotatable bonds is 6. The van der Waals surface area contributed by atoms with E-state index in [9.17, 15) is 26.3 Å². The van der Waals surface area contributed by atoms with Gasteiger partial charge in [-0.05, 0) is 59.5 Å². The van der Waals surface area contributed by atoms with E-state index in [4.69, 9.17) is 16.0 Å². The molecule has 6 nitrogen and oxygen atoms in total. The predicted molar refractivity (Wildman–Crippen MR) is 105 cm³/mol. The zero-order chi connectivity index (χ0) is 23.8. The maximum atomic E-state index is 13.4. The van der Waals surface area contributed by atoms with Crippen LogP contribution in [0, 0.1) is 0 Å². The molecule has 1 N–H and O–H groups in total. The molecule has 4 aromatic rings. The van der Waals surface area contributed by atoms with E-state index in [2.05, 4.69) is 25.4 Å². The van der Waals surface area contributed by atoms with Crippen LogP contribution >= 0.6 is 11.6 Å². The highest BCUT2D eigenvalue weighted by molar-refractivity contribution is 6.32. The molecule has 13 heteroatoms. The molecule has 2 aromatic heterocycles. The molecule has 0 atom stereocenters. The third-order valence-electron chi connectivity index (χ3n) is 4.67. The Labute approximate surface area is 186 Å². The number of alkyl halides is 6. The lowest BCUT2D eigenvalue weighted by molar-refractivity contribution is -0.158. The standard InChI is InChI=1S/C20H13ClF6N4O2/c21-14-6-12-8-17(18-28-30-31-29-18)33-16(12)7-11(14)3-1-10-2-4-15(32-9-19(22,23)24)13(5-10)20(25,26)27/h2,4-8H,1,3,9H2,(H,28,29,30,31). The molecular weight excluding hydrogens is 478 g/mol. The first kappa shape index (κ1) is 22.9. The number of aromatic nitrogens is 4. The molecule has 0 unspecified atom stereocenters. The van der Waals surface area contributed by atoms with Crippen LogP contribution in [0.3, 0.4) is 0 Å². The largest absolute Gasteiger partial charge is 0.483 e. The van der Waals surface area contributed by atoms with Crippen molar-refractivity contribution in [3.63, 3.8) is 0 Å². The van der Waals surface area contributed by atoms with Crippen molar-refractivity contribution in [3.8, 4) is 17.3 Å². The second-order valence-electron chi connectivity index (χ2n) is 7.06. The summed E-state index contributed by atoms with van der Waals surface area (Å²) >= 11 is 6.32. The van der Waals surface area contributed by atoms with Gasteiger partial charge in [0.2, 0.25) is 5.82 Å². The summed E-state index contributed by atoms with van der Waals surface area (Å²) in [5, 5.41) is 14.5. The van der Waals surface area contributed by atoms with Crippen molar-refractivity contribution in [3.05, 3.63) is 58.1 Å². The second-order valence-corrected chi connectivity index (χ2v) is 7.47. The molecule has 0 saturated carbocycles. The Morgan fingerprint density at radius 1 is 1.00 bits per heavy atom. The number of fused-ring (bicyclic) bond motifs is 1. The van der Waals surface area contributed by atoms with Crippen molar-refractivity contribution in [2.75, 3.05) is 6.61 Å². The van der Waals surface area contributed by atoms with Crippen LogP contribution in [0.15, 0.2) is 40.8 Å². The molecule has 0 fully saturated rings. The maximum absolute atomic E-state index is 13.4. The normalized spacial score (nSPS) is 12.5. The third-order valence-corrected chi connectivity index (χ3v) is 5.03. The summed E-state index contributed by atoms with van der Waals surface area (Å²) in [7, 11) is 0. The fraction of sp³-hybridized carbons (Fsp3) is 0.250. The lowest BCUT2D eigenvalue weighted by Gasteiger charge is -2.16. The highest BCUT2D eigenvalue weighted by Crippen LogP contribution is 2.38. The van der Waals surface area contributed by atoms with Gasteiger partial charge in [0.05, 0.1) is 5.56 Å². The van der Waals surface area contributed by atoms with Crippen LogP contribution in [-0.2, 0) is 19.0 Å². The van der Waals surface area contributed by atoms with Gasteiger partial charge in [0, 0.05) is 10.4 Å². The molecule has 2 heterocycles. The Hall–Kier alpha value is -3.28. The van der Waals surface area contributed by atoms with Crippen LogP contribution in [-0.4, -0.2) is 33.4 Å². The summed E-state index contributed by atoms with van der Waals surface area (Å²) < 4.78 is 87.2. The van der Waals surface area contributed by atoms with Crippen molar-refractivity contribution in [1.29, 1.82) is 0 Å². The second kappa shape index (κ2) is 8.58. The first-order chi connectivity index (χ1) is 15.5. The van der Waals surface area contributed by atoms with Gasteiger partial charge in [-0.2, -0.15) is 31.6 Å². The minimum atomic E-state index is -4.88. The van der Waals surface area contributed by atoms with Crippen LogP contribution in [0.1, 0.15) is 16.7 Å². The molecule has 0 saturated heterocycles. The van der Waals surface area contributed by atoms with Crippen LogP contribution in [0.4, 0.5) is 26.3 Å². The molecule has 0 aliphatic rings. The lowest BCUT2D eigenvalue weighted by Crippen LogP contribution is -2.21. The number of hydrogen-bond donors (Lipinski definition) is 1.